The number of rotatable bonds is 5. The van der Waals surface area contributed by atoms with E-state index in [1.165, 1.54) is 93.9 Å². The van der Waals surface area contributed by atoms with Crippen molar-refractivity contribution in [1.82, 2.24) is 4.57 Å². The number of para-hydroxylation sites is 2. The normalized spacial score (nSPS) is 13.0. The van der Waals surface area contributed by atoms with Gasteiger partial charge in [0.25, 0.3) is 0 Å². The first-order chi connectivity index (χ1) is 30.3. The maximum atomic E-state index is 2.53. The average Bonchev–Trinajstić information content (AvgIpc) is 3.83. The van der Waals surface area contributed by atoms with E-state index in [9.17, 15) is 0 Å². The van der Waals surface area contributed by atoms with Gasteiger partial charge in [0.1, 0.15) is 0 Å². The highest BCUT2D eigenvalue weighted by Crippen LogP contribution is 2.61. The molecule has 2 heteroatoms. The van der Waals surface area contributed by atoms with Crippen LogP contribution in [0.5, 0.6) is 0 Å². The van der Waals surface area contributed by atoms with Gasteiger partial charge in [-0.25, -0.2) is 0 Å². The van der Waals surface area contributed by atoms with Gasteiger partial charge in [0.05, 0.1) is 22.1 Å². The van der Waals surface area contributed by atoms with E-state index in [1.54, 1.807) is 0 Å². The van der Waals surface area contributed by atoms with Crippen molar-refractivity contribution < 1.29 is 0 Å². The van der Waals surface area contributed by atoms with Gasteiger partial charge in [-0.3, -0.25) is 0 Å². The van der Waals surface area contributed by atoms with Gasteiger partial charge in [0, 0.05) is 27.8 Å². The Morgan fingerprint density at radius 3 is 1.74 bits per heavy atom. The second kappa shape index (κ2) is 13.0. The molecule has 0 fully saturated rings. The van der Waals surface area contributed by atoms with Crippen LogP contribution in [0.2, 0.25) is 0 Å². The predicted molar refractivity (Wildman–Crippen MR) is 255 cm³/mol. The quantitative estimate of drug-likeness (QED) is 0.169. The number of nitrogens with zero attached hydrogens (tertiary/aromatic N) is 2. The molecule has 0 saturated heterocycles. The molecule has 1 aliphatic heterocycles. The number of fused-ring (bicyclic) bond motifs is 13. The van der Waals surface area contributed by atoms with Gasteiger partial charge in [-0.2, -0.15) is 0 Å². The van der Waals surface area contributed by atoms with Crippen molar-refractivity contribution in [2.75, 3.05) is 4.90 Å². The van der Waals surface area contributed by atoms with Crippen LogP contribution in [0.1, 0.15) is 22.3 Å². The van der Waals surface area contributed by atoms with E-state index >= 15 is 0 Å². The summed E-state index contributed by atoms with van der Waals surface area (Å²) in [7, 11) is 0. The maximum absolute atomic E-state index is 2.53. The molecule has 1 aliphatic carbocycles. The number of aromatic nitrogens is 1. The summed E-state index contributed by atoms with van der Waals surface area (Å²) in [6, 6.07) is 85.3. The van der Waals surface area contributed by atoms with Gasteiger partial charge in [-0.15, -0.1) is 0 Å². The highest BCUT2D eigenvalue weighted by molar-refractivity contribution is 6.14. The van der Waals surface area contributed by atoms with Crippen LogP contribution in [0.4, 0.5) is 17.1 Å². The van der Waals surface area contributed by atoms with Crippen LogP contribution in [0, 0.1) is 0 Å². The highest BCUT2D eigenvalue weighted by Gasteiger charge is 2.50. The molecule has 0 bridgehead atoms. The van der Waals surface area contributed by atoms with Gasteiger partial charge in [-0.05, 0) is 127 Å². The van der Waals surface area contributed by atoms with Crippen molar-refractivity contribution in [3.05, 3.63) is 253 Å². The Hall–Kier alpha value is -7.94. The molecular formula is C59H38N2. The lowest BCUT2D eigenvalue weighted by Crippen LogP contribution is -2.33. The van der Waals surface area contributed by atoms with Crippen molar-refractivity contribution in [2.45, 2.75) is 5.41 Å². The van der Waals surface area contributed by atoms with Crippen LogP contribution in [-0.4, -0.2) is 4.57 Å². The van der Waals surface area contributed by atoms with E-state index in [0.717, 1.165) is 17.1 Å². The Bertz CT molecular complexity index is 3490. The number of benzene rings is 10. The zero-order valence-corrected chi connectivity index (χ0v) is 33.3. The fourth-order valence-electron chi connectivity index (χ4n) is 10.8. The third-order valence-corrected chi connectivity index (χ3v) is 13.3. The molecule has 2 aliphatic rings. The van der Waals surface area contributed by atoms with E-state index in [1.807, 2.05) is 0 Å². The maximum Gasteiger partial charge on any atom is 0.0754 e. The summed E-state index contributed by atoms with van der Waals surface area (Å²) in [6.45, 7) is 0. The van der Waals surface area contributed by atoms with Crippen LogP contribution in [0.15, 0.2) is 231 Å². The van der Waals surface area contributed by atoms with Gasteiger partial charge in [-0.1, -0.05) is 170 Å². The zero-order chi connectivity index (χ0) is 40.1. The summed E-state index contributed by atoms with van der Waals surface area (Å²) in [5.74, 6) is 0. The highest BCUT2D eigenvalue weighted by atomic mass is 15.1. The first-order valence-electron chi connectivity index (χ1n) is 21.2. The predicted octanol–water partition coefficient (Wildman–Crippen LogP) is 15.4. The fraction of sp³-hybridized carbons (Fsp3) is 0.0169. The largest absolute Gasteiger partial charge is 0.310 e. The SMILES string of the molecule is c1ccc(-c2cccc(N(c3ccc(-c4cc5c6c(c4)c4ccccc4n6-c4ccccc4C54c5ccccc5-c5ccccc54)cc3)c3ccc4ccccc4c3)c2)cc1. The lowest BCUT2D eigenvalue weighted by Gasteiger charge is -2.39. The molecule has 1 spiro atoms. The molecule has 0 atom stereocenters. The molecule has 61 heavy (non-hydrogen) atoms. The Morgan fingerprint density at radius 1 is 0.328 bits per heavy atom. The van der Waals surface area contributed by atoms with Crippen molar-refractivity contribution in [1.29, 1.82) is 0 Å². The Kier molecular flexibility index (Phi) is 7.26. The van der Waals surface area contributed by atoms with Crippen molar-refractivity contribution in [2.24, 2.45) is 0 Å². The molecule has 0 N–H and O–H groups in total. The minimum Gasteiger partial charge on any atom is -0.310 e. The minimum atomic E-state index is -0.487. The Morgan fingerprint density at radius 2 is 0.934 bits per heavy atom. The Balaban J connectivity index is 1.03. The van der Waals surface area contributed by atoms with E-state index in [4.69, 9.17) is 0 Å². The topological polar surface area (TPSA) is 8.17 Å². The van der Waals surface area contributed by atoms with E-state index in [0.29, 0.717) is 0 Å². The summed E-state index contributed by atoms with van der Waals surface area (Å²) in [4.78, 5) is 2.39. The average molecular weight is 775 g/mol. The van der Waals surface area contributed by atoms with Gasteiger partial charge in [0.15, 0.2) is 0 Å². The minimum absolute atomic E-state index is 0.487. The summed E-state index contributed by atoms with van der Waals surface area (Å²) < 4.78 is 2.53. The summed E-state index contributed by atoms with van der Waals surface area (Å²) >= 11 is 0. The fourth-order valence-corrected chi connectivity index (χ4v) is 10.8. The van der Waals surface area contributed by atoms with Crippen LogP contribution < -0.4 is 4.90 Å². The van der Waals surface area contributed by atoms with Gasteiger partial charge >= 0.3 is 0 Å². The number of hydrogen-bond acceptors (Lipinski definition) is 1. The van der Waals surface area contributed by atoms with E-state index in [-0.39, 0.29) is 0 Å². The molecular weight excluding hydrogens is 737 g/mol. The third-order valence-electron chi connectivity index (χ3n) is 13.3. The molecule has 0 unspecified atom stereocenters. The van der Waals surface area contributed by atoms with E-state index in [2.05, 4.69) is 240 Å². The molecule has 0 radical (unpaired) electrons. The van der Waals surface area contributed by atoms with Crippen LogP contribution in [0.3, 0.4) is 0 Å². The monoisotopic (exact) mass is 774 g/mol. The summed E-state index contributed by atoms with van der Waals surface area (Å²) in [5, 5.41) is 4.99. The summed E-state index contributed by atoms with van der Waals surface area (Å²) in [5.41, 5.74) is 19.4. The Labute approximate surface area is 354 Å². The first kappa shape index (κ1) is 34.0. The molecule has 0 amide bonds. The first-order valence-corrected chi connectivity index (χ1v) is 21.2. The molecule has 284 valence electrons. The third kappa shape index (κ3) is 4.85. The summed E-state index contributed by atoms with van der Waals surface area (Å²) in [6.07, 6.45) is 0. The molecule has 2 heterocycles. The molecule has 0 saturated carbocycles. The van der Waals surface area contributed by atoms with Crippen LogP contribution >= 0.6 is 0 Å². The zero-order valence-electron chi connectivity index (χ0n) is 33.3. The molecule has 1 aromatic heterocycles. The second-order valence-electron chi connectivity index (χ2n) is 16.5. The lowest BCUT2D eigenvalue weighted by atomic mass is 9.65. The van der Waals surface area contributed by atoms with E-state index < -0.39 is 5.41 Å². The molecule has 2 nitrogen and oxygen atoms in total. The standard InChI is InChI=1S/C59H38N2/c1-2-15-39(16-3-1)43-19-14-20-46(35-43)60(47-34-31-40-17-4-5-18-42(40)36-47)45-32-29-41(30-33-45)44-37-51-50-23-8-12-27-56(50)61-57-28-13-11-26-54(57)59(55(38-44)58(51)61)52-24-9-6-21-48(52)49-22-7-10-25-53(49)59/h1-38H. The lowest BCUT2D eigenvalue weighted by molar-refractivity contribution is 0.749. The smallest absolute Gasteiger partial charge is 0.0754 e. The molecule has 13 rings (SSSR count). The van der Waals surface area contributed by atoms with Crippen molar-refractivity contribution >= 4 is 49.6 Å². The van der Waals surface area contributed by atoms with Gasteiger partial charge < -0.3 is 9.47 Å². The number of hydrogen-bond donors (Lipinski definition) is 0. The van der Waals surface area contributed by atoms with Crippen LogP contribution in [0.25, 0.3) is 71.6 Å². The van der Waals surface area contributed by atoms with Crippen molar-refractivity contribution in [3.8, 4) is 39.1 Å². The van der Waals surface area contributed by atoms with Crippen LogP contribution in [-0.2, 0) is 5.41 Å². The molecule has 10 aromatic carbocycles. The van der Waals surface area contributed by atoms with Crippen molar-refractivity contribution in [3.63, 3.8) is 0 Å². The second-order valence-corrected chi connectivity index (χ2v) is 16.5. The number of anilines is 3. The van der Waals surface area contributed by atoms with Gasteiger partial charge in [0.2, 0.25) is 0 Å². The molecule has 11 aromatic rings.